The maximum absolute atomic E-state index is 12.3. The number of benzene rings is 2. The second-order valence-electron chi connectivity index (χ2n) is 9.39. The number of amides is 1. The van der Waals surface area contributed by atoms with Gasteiger partial charge in [0.2, 0.25) is 5.91 Å². The number of morpholine rings is 1. The summed E-state index contributed by atoms with van der Waals surface area (Å²) in [5, 5.41) is 6.50. The monoisotopic (exact) mass is 451 g/mol. The first kappa shape index (κ1) is 23.5. The van der Waals surface area contributed by atoms with E-state index in [1.54, 1.807) is 0 Å². The van der Waals surface area contributed by atoms with Gasteiger partial charge in [-0.3, -0.25) is 9.69 Å². The number of likely N-dealkylation sites (N-methyl/N-ethyl adjacent to an activating group) is 1. The molecule has 0 saturated carbocycles. The molecule has 2 fully saturated rings. The van der Waals surface area contributed by atoms with Gasteiger partial charge in [0.15, 0.2) is 0 Å². The molecule has 2 aliphatic rings. The summed E-state index contributed by atoms with van der Waals surface area (Å²) in [5.74, 6) is 0.0888. The number of ether oxygens (including phenoxy) is 1. The molecule has 0 radical (unpaired) electrons. The number of rotatable bonds is 7. The lowest BCUT2D eigenvalue weighted by molar-refractivity contribution is -0.122. The molecule has 33 heavy (non-hydrogen) atoms. The van der Waals surface area contributed by atoms with E-state index in [-0.39, 0.29) is 18.1 Å². The van der Waals surface area contributed by atoms with Crippen molar-refractivity contribution in [1.29, 1.82) is 0 Å². The second kappa shape index (κ2) is 11.0. The molecule has 178 valence electrons. The molecular formula is C26H37N5O2. The van der Waals surface area contributed by atoms with E-state index in [2.05, 4.69) is 94.8 Å². The van der Waals surface area contributed by atoms with E-state index < -0.39 is 0 Å². The lowest BCUT2D eigenvalue weighted by Gasteiger charge is -2.36. The highest BCUT2D eigenvalue weighted by Gasteiger charge is 2.22. The van der Waals surface area contributed by atoms with Crippen LogP contribution in [0, 0.1) is 0 Å². The predicted molar refractivity (Wildman–Crippen MR) is 134 cm³/mol. The molecule has 1 amide bonds. The molecule has 0 bridgehead atoms. The summed E-state index contributed by atoms with van der Waals surface area (Å²) in [6.07, 6.45) is 0.503. The minimum absolute atomic E-state index is 0.0888. The Bertz CT molecular complexity index is 884. The van der Waals surface area contributed by atoms with Crippen LogP contribution >= 0.6 is 0 Å². The fourth-order valence-electron chi connectivity index (χ4n) is 4.48. The fraction of sp³-hybridized carbons (Fsp3) is 0.500. The first-order valence-corrected chi connectivity index (χ1v) is 12.0. The number of nitrogens with one attached hydrogen (secondary N) is 2. The first-order chi connectivity index (χ1) is 15.9. The molecule has 2 N–H and O–H groups in total. The van der Waals surface area contributed by atoms with Gasteiger partial charge in [0.1, 0.15) is 0 Å². The van der Waals surface area contributed by atoms with Crippen LogP contribution < -0.4 is 15.5 Å². The zero-order chi connectivity index (χ0) is 23.2. The quantitative estimate of drug-likeness (QED) is 0.675. The molecule has 0 aromatic heterocycles. The van der Waals surface area contributed by atoms with E-state index in [0.717, 1.165) is 56.2 Å². The average molecular weight is 452 g/mol. The molecule has 2 unspecified atom stereocenters. The van der Waals surface area contributed by atoms with E-state index in [0.29, 0.717) is 13.1 Å². The fourth-order valence-corrected chi connectivity index (χ4v) is 4.48. The van der Waals surface area contributed by atoms with Gasteiger partial charge < -0.3 is 25.2 Å². The highest BCUT2D eigenvalue weighted by molar-refractivity contribution is 5.78. The van der Waals surface area contributed by atoms with Crippen LogP contribution in [0.2, 0.25) is 0 Å². The van der Waals surface area contributed by atoms with Crippen molar-refractivity contribution in [3.8, 4) is 0 Å². The molecule has 2 heterocycles. The van der Waals surface area contributed by atoms with Crippen LogP contribution in [-0.4, -0.2) is 80.8 Å². The van der Waals surface area contributed by atoms with Crippen LogP contribution in [0.3, 0.4) is 0 Å². The van der Waals surface area contributed by atoms with Crippen molar-refractivity contribution in [3.05, 3.63) is 54.1 Å². The molecule has 2 aromatic carbocycles. The van der Waals surface area contributed by atoms with Crippen LogP contribution in [0.15, 0.2) is 48.5 Å². The number of piperazine rings is 1. The summed E-state index contributed by atoms with van der Waals surface area (Å²) in [4.78, 5) is 19.2. The van der Waals surface area contributed by atoms with Gasteiger partial charge in [-0.15, -0.1) is 0 Å². The maximum atomic E-state index is 12.3. The number of hydrogen-bond acceptors (Lipinski definition) is 6. The van der Waals surface area contributed by atoms with Crippen molar-refractivity contribution in [2.45, 2.75) is 32.6 Å². The summed E-state index contributed by atoms with van der Waals surface area (Å²) in [7, 11) is 2.12. The van der Waals surface area contributed by atoms with Gasteiger partial charge >= 0.3 is 0 Å². The standard InChI is InChI=1S/C26H37N5O2/c1-20-17-31(18-21(2)33-20)25-10-8-24(9-11-25)28-23-6-4-22(5-7-23)16-27-26(32)19-30-14-12-29(3)13-15-30/h4-11,20-21,28H,12-19H2,1-3H3,(H,27,32). The topological polar surface area (TPSA) is 60.1 Å². The van der Waals surface area contributed by atoms with Gasteiger partial charge in [-0.05, 0) is 62.9 Å². The molecule has 2 aliphatic heterocycles. The Labute approximate surface area is 197 Å². The molecule has 0 aliphatic carbocycles. The van der Waals surface area contributed by atoms with Gasteiger partial charge in [0, 0.05) is 62.9 Å². The molecule has 7 nitrogen and oxygen atoms in total. The number of anilines is 3. The van der Waals surface area contributed by atoms with Gasteiger partial charge in [-0.2, -0.15) is 0 Å². The zero-order valence-corrected chi connectivity index (χ0v) is 20.1. The summed E-state index contributed by atoms with van der Waals surface area (Å²) in [6, 6.07) is 16.8. The third-order valence-corrected chi connectivity index (χ3v) is 6.35. The molecule has 2 aromatic rings. The molecular weight excluding hydrogens is 414 g/mol. The Morgan fingerprint density at radius 1 is 0.909 bits per heavy atom. The third kappa shape index (κ3) is 6.93. The maximum Gasteiger partial charge on any atom is 0.234 e. The van der Waals surface area contributed by atoms with E-state index in [9.17, 15) is 4.79 Å². The van der Waals surface area contributed by atoms with Gasteiger partial charge in [0.05, 0.1) is 18.8 Å². The molecule has 7 heteroatoms. The Morgan fingerprint density at radius 3 is 2.09 bits per heavy atom. The van der Waals surface area contributed by atoms with E-state index in [4.69, 9.17) is 4.74 Å². The molecule has 2 saturated heterocycles. The molecule has 4 rings (SSSR count). The minimum atomic E-state index is 0.0888. The van der Waals surface area contributed by atoms with E-state index in [1.807, 2.05) is 0 Å². The van der Waals surface area contributed by atoms with Crippen molar-refractivity contribution in [1.82, 2.24) is 15.1 Å². The lowest BCUT2D eigenvalue weighted by Crippen LogP contribution is -2.48. The van der Waals surface area contributed by atoms with Gasteiger partial charge in [-0.25, -0.2) is 0 Å². The second-order valence-corrected chi connectivity index (χ2v) is 9.39. The van der Waals surface area contributed by atoms with Gasteiger partial charge in [0.25, 0.3) is 0 Å². The first-order valence-electron chi connectivity index (χ1n) is 12.0. The predicted octanol–water partition coefficient (Wildman–Crippen LogP) is 2.91. The smallest absolute Gasteiger partial charge is 0.234 e. The largest absolute Gasteiger partial charge is 0.372 e. The summed E-state index contributed by atoms with van der Waals surface area (Å²) in [5.41, 5.74) is 4.41. The van der Waals surface area contributed by atoms with Crippen LogP contribution in [0.5, 0.6) is 0 Å². The van der Waals surface area contributed by atoms with Crippen LogP contribution in [0.1, 0.15) is 19.4 Å². The number of hydrogen-bond donors (Lipinski definition) is 2. The van der Waals surface area contributed by atoms with E-state index in [1.165, 1.54) is 5.69 Å². The van der Waals surface area contributed by atoms with Crippen LogP contribution in [0.25, 0.3) is 0 Å². The van der Waals surface area contributed by atoms with Crippen molar-refractivity contribution in [2.75, 3.05) is 63.1 Å². The Kier molecular flexibility index (Phi) is 7.85. The van der Waals surface area contributed by atoms with Crippen molar-refractivity contribution < 1.29 is 9.53 Å². The minimum Gasteiger partial charge on any atom is -0.372 e. The average Bonchev–Trinajstić information content (AvgIpc) is 2.80. The highest BCUT2D eigenvalue weighted by atomic mass is 16.5. The Balaban J connectivity index is 1.23. The van der Waals surface area contributed by atoms with Gasteiger partial charge in [-0.1, -0.05) is 12.1 Å². The normalized spacial score (nSPS) is 22.2. The number of carbonyl (C=O) groups is 1. The Morgan fingerprint density at radius 2 is 1.48 bits per heavy atom. The van der Waals surface area contributed by atoms with Crippen molar-refractivity contribution in [2.24, 2.45) is 0 Å². The van der Waals surface area contributed by atoms with E-state index >= 15 is 0 Å². The highest BCUT2D eigenvalue weighted by Crippen LogP contribution is 2.24. The molecule has 2 atom stereocenters. The number of nitrogens with zero attached hydrogens (tertiary/aromatic N) is 3. The lowest BCUT2D eigenvalue weighted by atomic mass is 10.1. The summed E-state index contributed by atoms with van der Waals surface area (Å²) >= 11 is 0. The Hall–Kier alpha value is -2.61. The third-order valence-electron chi connectivity index (χ3n) is 6.35. The molecule has 0 spiro atoms. The van der Waals surface area contributed by atoms with Crippen LogP contribution in [0.4, 0.5) is 17.1 Å². The summed E-state index contributed by atoms with van der Waals surface area (Å²) in [6.45, 7) is 11.1. The zero-order valence-electron chi connectivity index (χ0n) is 20.1. The number of carbonyl (C=O) groups excluding carboxylic acids is 1. The van der Waals surface area contributed by atoms with Crippen LogP contribution in [-0.2, 0) is 16.1 Å². The van der Waals surface area contributed by atoms with Crippen molar-refractivity contribution in [3.63, 3.8) is 0 Å². The SMILES string of the molecule is CC1CN(c2ccc(Nc3ccc(CNC(=O)CN4CCN(C)CC4)cc3)cc2)CC(C)O1. The van der Waals surface area contributed by atoms with Crippen molar-refractivity contribution >= 4 is 23.0 Å². The summed E-state index contributed by atoms with van der Waals surface area (Å²) < 4.78 is 5.84.